The standard InChI is InChI=1S/C16H27N3/c1-13-6-4-7-14(2)16(13)15(12-17)19-9-5-8-18(3)10-11-19/h4,6-7,15H,5,8-12,17H2,1-3H3. The summed E-state index contributed by atoms with van der Waals surface area (Å²) in [6, 6.07) is 6.91. The first-order valence-electron chi connectivity index (χ1n) is 7.32. The van der Waals surface area contributed by atoms with E-state index in [1.54, 1.807) is 0 Å². The van der Waals surface area contributed by atoms with Gasteiger partial charge in [-0.25, -0.2) is 0 Å². The number of nitrogens with zero attached hydrogens (tertiary/aromatic N) is 2. The summed E-state index contributed by atoms with van der Waals surface area (Å²) in [5.74, 6) is 0. The molecule has 2 N–H and O–H groups in total. The molecular weight excluding hydrogens is 234 g/mol. The van der Waals surface area contributed by atoms with E-state index < -0.39 is 0 Å². The maximum atomic E-state index is 6.10. The molecule has 1 aliphatic heterocycles. The molecule has 1 fully saturated rings. The van der Waals surface area contributed by atoms with Crippen LogP contribution in [0.15, 0.2) is 18.2 Å². The Bertz CT molecular complexity index is 396. The van der Waals surface area contributed by atoms with Crippen LogP contribution >= 0.6 is 0 Å². The van der Waals surface area contributed by atoms with E-state index in [1.807, 2.05) is 0 Å². The largest absolute Gasteiger partial charge is 0.329 e. The van der Waals surface area contributed by atoms with Crippen LogP contribution in [0.1, 0.15) is 29.2 Å². The van der Waals surface area contributed by atoms with Crippen LogP contribution < -0.4 is 5.73 Å². The van der Waals surface area contributed by atoms with Crippen LogP contribution in [0.5, 0.6) is 0 Å². The molecule has 0 radical (unpaired) electrons. The highest BCUT2D eigenvalue weighted by Crippen LogP contribution is 2.27. The molecule has 0 saturated carbocycles. The van der Waals surface area contributed by atoms with Crippen molar-refractivity contribution >= 4 is 0 Å². The van der Waals surface area contributed by atoms with Gasteiger partial charge in [-0.15, -0.1) is 0 Å². The predicted octanol–water partition coefficient (Wildman–Crippen LogP) is 1.94. The number of nitrogens with two attached hydrogens (primary N) is 1. The van der Waals surface area contributed by atoms with E-state index in [0.29, 0.717) is 12.6 Å². The Labute approximate surface area is 117 Å². The highest BCUT2D eigenvalue weighted by molar-refractivity contribution is 5.36. The lowest BCUT2D eigenvalue weighted by Gasteiger charge is -2.32. The van der Waals surface area contributed by atoms with Crippen molar-refractivity contribution in [1.82, 2.24) is 9.80 Å². The highest BCUT2D eigenvalue weighted by Gasteiger charge is 2.23. The molecular formula is C16H27N3. The van der Waals surface area contributed by atoms with E-state index in [-0.39, 0.29) is 0 Å². The topological polar surface area (TPSA) is 32.5 Å². The quantitative estimate of drug-likeness (QED) is 0.902. The van der Waals surface area contributed by atoms with Crippen molar-refractivity contribution in [3.05, 3.63) is 34.9 Å². The lowest BCUT2D eigenvalue weighted by Crippen LogP contribution is -2.37. The molecule has 0 amide bonds. The Hall–Kier alpha value is -0.900. The van der Waals surface area contributed by atoms with E-state index in [1.165, 1.54) is 29.7 Å². The van der Waals surface area contributed by atoms with Gasteiger partial charge in [0.2, 0.25) is 0 Å². The fraction of sp³-hybridized carbons (Fsp3) is 0.625. The molecule has 1 aliphatic rings. The summed E-state index contributed by atoms with van der Waals surface area (Å²) in [6.45, 7) is 9.72. The maximum Gasteiger partial charge on any atom is 0.0476 e. The number of hydrogen-bond donors (Lipinski definition) is 1. The number of hydrogen-bond acceptors (Lipinski definition) is 3. The molecule has 1 unspecified atom stereocenters. The summed E-state index contributed by atoms with van der Waals surface area (Å²) in [6.07, 6.45) is 1.23. The van der Waals surface area contributed by atoms with E-state index in [9.17, 15) is 0 Å². The van der Waals surface area contributed by atoms with E-state index in [2.05, 4.69) is 48.9 Å². The van der Waals surface area contributed by atoms with Crippen molar-refractivity contribution in [3.8, 4) is 0 Å². The van der Waals surface area contributed by atoms with Gasteiger partial charge in [0.05, 0.1) is 0 Å². The van der Waals surface area contributed by atoms with Gasteiger partial charge in [-0.05, 0) is 50.6 Å². The highest BCUT2D eigenvalue weighted by atomic mass is 15.2. The number of benzene rings is 1. The van der Waals surface area contributed by atoms with Gasteiger partial charge in [-0.3, -0.25) is 4.90 Å². The van der Waals surface area contributed by atoms with Crippen molar-refractivity contribution in [2.24, 2.45) is 5.73 Å². The molecule has 0 bridgehead atoms. The molecule has 1 aromatic carbocycles. The smallest absolute Gasteiger partial charge is 0.0476 e. The normalized spacial score (nSPS) is 20.2. The fourth-order valence-corrected chi connectivity index (χ4v) is 3.18. The van der Waals surface area contributed by atoms with Gasteiger partial charge in [0, 0.05) is 32.2 Å². The first-order valence-corrected chi connectivity index (χ1v) is 7.32. The lowest BCUT2D eigenvalue weighted by molar-refractivity contribution is 0.207. The maximum absolute atomic E-state index is 6.10. The third kappa shape index (κ3) is 3.35. The summed E-state index contributed by atoms with van der Waals surface area (Å²) >= 11 is 0. The molecule has 106 valence electrons. The van der Waals surface area contributed by atoms with Gasteiger partial charge >= 0.3 is 0 Å². The van der Waals surface area contributed by atoms with Gasteiger partial charge in [0.1, 0.15) is 0 Å². The number of rotatable bonds is 3. The van der Waals surface area contributed by atoms with Gasteiger partial charge in [-0.1, -0.05) is 18.2 Å². The SMILES string of the molecule is Cc1cccc(C)c1C(CN)N1CCCN(C)CC1. The lowest BCUT2D eigenvalue weighted by atomic mass is 9.95. The van der Waals surface area contributed by atoms with Crippen LogP contribution in [0.2, 0.25) is 0 Å². The molecule has 3 nitrogen and oxygen atoms in total. The van der Waals surface area contributed by atoms with Gasteiger partial charge in [0.25, 0.3) is 0 Å². The zero-order valence-electron chi connectivity index (χ0n) is 12.5. The van der Waals surface area contributed by atoms with Crippen molar-refractivity contribution in [3.63, 3.8) is 0 Å². The van der Waals surface area contributed by atoms with Crippen molar-refractivity contribution in [1.29, 1.82) is 0 Å². The second kappa shape index (κ2) is 6.51. The minimum absolute atomic E-state index is 0.368. The number of aryl methyl sites for hydroxylation is 2. The van der Waals surface area contributed by atoms with Crippen LogP contribution in [0.25, 0.3) is 0 Å². The Morgan fingerprint density at radius 3 is 2.42 bits per heavy atom. The van der Waals surface area contributed by atoms with Crippen LogP contribution in [0.4, 0.5) is 0 Å². The third-order valence-corrected chi connectivity index (χ3v) is 4.29. The monoisotopic (exact) mass is 261 g/mol. The van der Waals surface area contributed by atoms with Crippen molar-refractivity contribution in [2.75, 3.05) is 39.8 Å². The first kappa shape index (κ1) is 14.5. The molecule has 0 spiro atoms. The second-order valence-electron chi connectivity index (χ2n) is 5.75. The summed E-state index contributed by atoms with van der Waals surface area (Å²) < 4.78 is 0. The Kier molecular flexibility index (Phi) is 4.97. The van der Waals surface area contributed by atoms with Crippen LogP contribution in [-0.2, 0) is 0 Å². The summed E-state index contributed by atoms with van der Waals surface area (Å²) in [4.78, 5) is 4.98. The summed E-state index contributed by atoms with van der Waals surface area (Å²) in [5.41, 5.74) is 10.3. The van der Waals surface area contributed by atoms with E-state index in [4.69, 9.17) is 5.73 Å². The Morgan fingerprint density at radius 1 is 1.11 bits per heavy atom. The fourth-order valence-electron chi connectivity index (χ4n) is 3.18. The van der Waals surface area contributed by atoms with Crippen molar-refractivity contribution in [2.45, 2.75) is 26.3 Å². The third-order valence-electron chi connectivity index (χ3n) is 4.29. The molecule has 3 heteroatoms. The summed E-state index contributed by atoms with van der Waals surface area (Å²) in [7, 11) is 2.21. The molecule has 1 atom stereocenters. The van der Waals surface area contributed by atoms with E-state index >= 15 is 0 Å². The van der Waals surface area contributed by atoms with Crippen molar-refractivity contribution < 1.29 is 0 Å². The zero-order valence-corrected chi connectivity index (χ0v) is 12.5. The van der Waals surface area contributed by atoms with Gasteiger partial charge in [0.15, 0.2) is 0 Å². The Balaban J connectivity index is 2.24. The molecule has 0 aromatic heterocycles. The molecule has 1 saturated heterocycles. The molecule has 0 aliphatic carbocycles. The summed E-state index contributed by atoms with van der Waals surface area (Å²) in [5, 5.41) is 0. The average molecular weight is 261 g/mol. The van der Waals surface area contributed by atoms with Crippen LogP contribution in [0.3, 0.4) is 0 Å². The molecule has 1 heterocycles. The Morgan fingerprint density at radius 2 is 1.79 bits per heavy atom. The first-order chi connectivity index (χ1) is 9.13. The van der Waals surface area contributed by atoms with Crippen LogP contribution in [0, 0.1) is 13.8 Å². The minimum atomic E-state index is 0.368. The van der Waals surface area contributed by atoms with Gasteiger partial charge in [-0.2, -0.15) is 0 Å². The zero-order chi connectivity index (χ0) is 13.8. The number of likely N-dealkylation sites (N-methyl/N-ethyl adjacent to an activating group) is 1. The predicted molar refractivity (Wildman–Crippen MR) is 81.4 cm³/mol. The average Bonchev–Trinajstić information content (AvgIpc) is 2.59. The van der Waals surface area contributed by atoms with Gasteiger partial charge < -0.3 is 10.6 Å². The molecule has 2 rings (SSSR count). The van der Waals surface area contributed by atoms with Crippen LogP contribution in [-0.4, -0.2) is 49.6 Å². The van der Waals surface area contributed by atoms with E-state index in [0.717, 1.165) is 19.6 Å². The second-order valence-corrected chi connectivity index (χ2v) is 5.75. The minimum Gasteiger partial charge on any atom is -0.329 e. The molecule has 1 aromatic rings. The molecule has 19 heavy (non-hydrogen) atoms.